The fourth-order valence-electron chi connectivity index (χ4n) is 3.62. The molecule has 0 radical (unpaired) electrons. The van der Waals surface area contributed by atoms with Crippen molar-refractivity contribution in [2.45, 2.75) is 32.7 Å². The molecule has 0 N–H and O–H groups in total. The Hall–Kier alpha value is -2.22. The highest BCUT2D eigenvalue weighted by molar-refractivity contribution is 7.80. The number of nitro groups is 1. The molecule has 0 aromatic heterocycles. The molecule has 7 nitrogen and oxygen atoms in total. The number of carbonyl (C=O) groups excluding carboxylic acids is 1. The molecule has 1 saturated heterocycles. The molecular formula is C18H23N3O4S. The summed E-state index contributed by atoms with van der Waals surface area (Å²) in [5, 5.41) is 11.7. The van der Waals surface area contributed by atoms with E-state index in [1.54, 1.807) is 12.1 Å². The second kappa shape index (κ2) is 7.99. The first-order valence-corrected chi connectivity index (χ1v) is 9.37. The average Bonchev–Trinajstić information content (AvgIpc) is 2.66. The van der Waals surface area contributed by atoms with Crippen LogP contribution < -0.4 is 0 Å². The molecule has 0 spiro atoms. The zero-order valence-corrected chi connectivity index (χ0v) is 15.7. The van der Waals surface area contributed by atoms with Gasteiger partial charge in [0.25, 0.3) is 5.69 Å². The van der Waals surface area contributed by atoms with Crippen molar-refractivity contribution in [3.8, 4) is 0 Å². The standard InChI is InChI=1S/C18H23N3O4S/c1-2-25-17(22)14-4-3-8-19(11-14)18(26)20-9-7-13-5-6-16(21(23)24)10-15(13)12-20/h5-6,10,14H,2-4,7-9,11-12H2,1H3. The smallest absolute Gasteiger partial charge is 0.310 e. The van der Waals surface area contributed by atoms with Gasteiger partial charge in [-0.15, -0.1) is 0 Å². The summed E-state index contributed by atoms with van der Waals surface area (Å²) in [7, 11) is 0. The largest absolute Gasteiger partial charge is 0.466 e. The van der Waals surface area contributed by atoms with Crippen LogP contribution in [0.5, 0.6) is 0 Å². The Morgan fingerprint density at radius 2 is 2.15 bits per heavy atom. The molecule has 2 aliphatic rings. The highest BCUT2D eigenvalue weighted by Crippen LogP contribution is 2.26. The molecule has 140 valence electrons. The monoisotopic (exact) mass is 377 g/mol. The van der Waals surface area contributed by atoms with Gasteiger partial charge in [-0.2, -0.15) is 0 Å². The first kappa shape index (κ1) is 18.6. The summed E-state index contributed by atoms with van der Waals surface area (Å²) in [5.74, 6) is -0.292. The molecule has 0 bridgehead atoms. The maximum atomic E-state index is 12.0. The van der Waals surface area contributed by atoms with Crippen LogP contribution in [0.3, 0.4) is 0 Å². The number of esters is 1. The lowest BCUT2D eigenvalue weighted by atomic mass is 9.97. The maximum absolute atomic E-state index is 12.0. The Labute approximate surface area is 158 Å². The molecule has 0 aliphatic carbocycles. The summed E-state index contributed by atoms with van der Waals surface area (Å²) >= 11 is 5.68. The Morgan fingerprint density at radius 1 is 1.35 bits per heavy atom. The Morgan fingerprint density at radius 3 is 2.88 bits per heavy atom. The van der Waals surface area contributed by atoms with Crippen molar-refractivity contribution in [1.29, 1.82) is 0 Å². The lowest BCUT2D eigenvalue weighted by molar-refractivity contribution is -0.385. The van der Waals surface area contributed by atoms with Crippen LogP contribution in [0.15, 0.2) is 18.2 Å². The number of rotatable bonds is 3. The van der Waals surface area contributed by atoms with E-state index in [9.17, 15) is 14.9 Å². The SMILES string of the molecule is CCOC(=O)C1CCCN(C(=S)N2CCc3ccc([N+](=O)[O-])cc3C2)C1. The molecule has 1 aromatic carbocycles. The summed E-state index contributed by atoms with van der Waals surface area (Å²) < 4.78 is 5.15. The van der Waals surface area contributed by atoms with E-state index in [-0.39, 0.29) is 22.5 Å². The van der Waals surface area contributed by atoms with Gasteiger partial charge in [-0.05, 0) is 49.5 Å². The van der Waals surface area contributed by atoms with Crippen LogP contribution in [0.1, 0.15) is 30.9 Å². The van der Waals surface area contributed by atoms with Crippen molar-refractivity contribution in [3.63, 3.8) is 0 Å². The first-order valence-electron chi connectivity index (χ1n) is 8.96. The summed E-state index contributed by atoms with van der Waals surface area (Å²) in [6.45, 7) is 4.96. The zero-order chi connectivity index (χ0) is 18.7. The fourth-order valence-corrected chi connectivity index (χ4v) is 3.95. The summed E-state index contributed by atoms with van der Waals surface area (Å²) in [5.41, 5.74) is 2.20. The second-order valence-electron chi connectivity index (χ2n) is 6.70. The van der Waals surface area contributed by atoms with Crippen molar-refractivity contribution in [2.24, 2.45) is 5.92 Å². The summed E-state index contributed by atoms with van der Waals surface area (Å²) in [6.07, 6.45) is 2.54. The summed E-state index contributed by atoms with van der Waals surface area (Å²) in [4.78, 5) is 26.8. The van der Waals surface area contributed by atoms with Gasteiger partial charge in [0.05, 0.1) is 17.4 Å². The van der Waals surface area contributed by atoms with E-state index in [4.69, 9.17) is 17.0 Å². The van der Waals surface area contributed by atoms with Gasteiger partial charge in [-0.3, -0.25) is 14.9 Å². The third kappa shape index (κ3) is 3.95. The molecular weight excluding hydrogens is 354 g/mol. The van der Waals surface area contributed by atoms with Crippen LogP contribution in [-0.4, -0.2) is 52.0 Å². The molecule has 1 aromatic rings. The normalized spacial score (nSPS) is 19.7. The number of likely N-dealkylation sites (tertiary alicyclic amines) is 1. The number of ether oxygens (including phenoxy) is 1. The van der Waals surface area contributed by atoms with Gasteiger partial charge in [0, 0.05) is 38.3 Å². The van der Waals surface area contributed by atoms with Crippen molar-refractivity contribution in [3.05, 3.63) is 39.4 Å². The third-order valence-electron chi connectivity index (χ3n) is 5.00. The summed E-state index contributed by atoms with van der Waals surface area (Å²) in [6, 6.07) is 5.04. The van der Waals surface area contributed by atoms with Crippen LogP contribution in [0.2, 0.25) is 0 Å². The number of hydrogen-bond acceptors (Lipinski definition) is 5. The van der Waals surface area contributed by atoms with Crippen LogP contribution in [0.4, 0.5) is 5.69 Å². The Kier molecular flexibility index (Phi) is 5.70. The molecule has 0 amide bonds. The second-order valence-corrected chi connectivity index (χ2v) is 7.07. The van der Waals surface area contributed by atoms with Crippen LogP contribution in [-0.2, 0) is 22.5 Å². The van der Waals surface area contributed by atoms with E-state index in [0.717, 1.165) is 48.6 Å². The molecule has 1 fully saturated rings. The number of thiocarbonyl (C=S) groups is 1. The number of fused-ring (bicyclic) bond motifs is 1. The van der Waals surface area contributed by atoms with Gasteiger partial charge in [0.2, 0.25) is 0 Å². The molecule has 26 heavy (non-hydrogen) atoms. The number of hydrogen-bond donors (Lipinski definition) is 0. The van der Waals surface area contributed by atoms with Crippen LogP contribution in [0.25, 0.3) is 0 Å². The predicted octanol–water partition coefficient (Wildman–Crippen LogP) is 2.51. The number of piperidine rings is 1. The van der Waals surface area contributed by atoms with Gasteiger partial charge in [-0.25, -0.2) is 0 Å². The van der Waals surface area contributed by atoms with Crippen LogP contribution >= 0.6 is 12.2 Å². The molecule has 2 heterocycles. The van der Waals surface area contributed by atoms with Gasteiger partial charge in [0.1, 0.15) is 0 Å². The number of nitrogens with zero attached hydrogens (tertiary/aromatic N) is 3. The molecule has 0 saturated carbocycles. The molecule has 3 rings (SSSR count). The number of nitro benzene ring substituents is 1. The quantitative estimate of drug-likeness (QED) is 0.347. The van der Waals surface area contributed by atoms with Gasteiger partial charge >= 0.3 is 5.97 Å². The number of non-ortho nitro benzene ring substituents is 1. The van der Waals surface area contributed by atoms with E-state index < -0.39 is 0 Å². The zero-order valence-electron chi connectivity index (χ0n) is 14.8. The number of carbonyl (C=O) groups is 1. The van der Waals surface area contributed by atoms with Crippen molar-refractivity contribution in [1.82, 2.24) is 9.80 Å². The van der Waals surface area contributed by atoms with Crippen LogP contribution in [0, 0.1) is 16.0 Å². The van der Waals surface area contributed by atoms with Crippen molar-refractivity contribution >= 4 is 29.0 Å². The first-order chi connectivity index (χ1) is 12.5. The minimum atomic E-state index is -0.369. The van der Waals surface area contributed by atoms with E-state index in [1.165, 1.54) is 0 Å². The van der Waals surface area contributed by atoms with E-state index in [0.29, 0.717) is 19.7 Å². The Balaban J connectivity index is 1.68. The van der Waals surface area contributed by atoms with Gasteiger partial charge in [0.15, 0.2) is 5.11 Å². The van der Waals surface area contributed by atoms with Gasteiger partial charge < -0.3 is 14.5 Å². The maximum Gasteiger partial charge on any atom is 0.310 e. The van der Waals surface area contributed by atoms with E-state index in [1.807, 2.05) is 13.0 Å². The topological polar surface area (TPSA) is 75.9 Å². The van der Waals surface area contributed by atoms with E-state index in [2.05, 4.69) is 9.80 Å². The third-order valence-corrected chi connectivity index (χ3v) is 5.51. The van der Waals surface area contributed by atoms with Crippen molar-refractivity contribution in [2.75, 3.05) is 26.2 Å². The van der Waals surface area contributed by atoms with Crippen molar-refractivity contribution < 1.29 is 14.5 Å². The molecule has 8 heteroatoms. The van der Waals surface area contributed by atoms with Gasteiger partial charge in [-0.1, -0.05) is 6.07 Å². The number of benzene rings is 1. The molecule has 1 unspecified atom stereocenters. The molecule has 1 atom stereocenters. The van der Waals surface area contributed by atoms with E-state index >= 15 is 0 Å². The molecule has 2 aliphatic heterocycles. The lowest BCUT2D eigenvalue weighted by Crippen LogP contribution is -2.50. The minimum absolute atomic E-state index is 0.108. The highest BCUT2D eigenvalue weighted by atomic mass is 32.1. The fraction of sp³-hybridized carbons (Fsp3) is 0.556. The average molecular weight is 377 g/mol. The highest BCUT2D eigenvalue weighted by Gasteiger charge is 2.30. The predicted molar refractivity (Wildman–Crippen MR) is 101 cm³/mol. The minimum Gasteiger partial charge on any atom is -0.466 e. The lowest BCUT2D eigenvalue weighted by Gasteiger charge is -2.39. The Bertz CT molecular complexity index is 724.